The fourth-order valence-corrected chi connectivity index (χ4v) is 1.27. The molecule has 1 rings (SSSR count). The molecule has 0 aliphatic heterocycles. The number of H-pyrrole nitrogens is 1. The number of aromatic nitrogens is 2. The van der Waals surface area contributed by atoms with Gasteiger partial charge in [0, 0.05) is 18.3 Å². The fourth-order valence-electron chi connectivity index (χ4n) is 0.807. The first-order valence-electron chi connectivity index (χ1n) is 4.67. The molecule has 0 saturated carbocycles. The SMILES string of the molecule is CCc1ncc(C)[nH]1.O=C(C(F)(F)Cl)C(F)(Cl)Cl. The third-order valence-corrected chi connectivity index (χ3v) is 2.12. The zero-order valence-electron chi connectivity index (χ0n) is 9.41. The smallest absolute Gasteiger partial charge is 0.346 e. The van der Waals surface area contributed by atoms with Gasteiger partial charge in [-0.2, -0.15) is 13.2 Å². The highest BCUT2D eigenvalue weighted by atomic mass is 35.5. The van der Waals surface area contributed by atoms with Crippen molar-refractivity contribution >= 4 is 40.6 Å². The second-order valence-corrected chi connectivity index (χ2v) is 4.90. The van der Waals surface area contributed by atoms with E-state index < -0.39 is 15.8 Å². The van der Waals surface area contributed by atoms with Crippen LogP contribution in [0.4, 0.5) is 13.2 Å². The summed E-state index contributed by atoms with van der Waals surface area (Å²) in [6.45, 7) is 4.09. The number of hydrogen-bond donors (Lipinski definition) is 1. The number of carbonyl (C=O) groups is 1. The van der Waals surface area contributed by atoms with Crippen LogP contribution in [0.2, 0.25) is 0 Å². The number of aromatic amines is 1. The second kappa shape index (κ2) is 6.63. The Morgan fingerprint density at radius 1 is 1.39 bits per heavy atom. The maximum atomic E-state index is 11.9. The molecule has 1 aromatic rings. The average Bonchev–Trinajstić information content (AvgIpc) is 2.61. The van der Waals surface area contributed by atoms with E-state index in [1.54, 1.807) is 0 Å². The van der Waals surface area contributed by atoms with Gasteiger partial charge < -0.3 is 4.98 Å². The maximum absolute atomic E-state index is 11.9. The topological polar surface area (TPSA) is 45.8 Å². The summed E-state index contributed by atoms with van der Waals surface area (Å²) in [5.74, 6) is -1.31. The number of Topliss-reactive ketones (excluding diaryl/α,β-unsaturated/α-hetero) is 1. The van der Waals surface area contributed by atoms with Gasteiger partial charge in [0.2, 0.25) is 0 Å². The van der Waals surface area contributed by atoms with E-state index in [0.717, 1.165) is 17.9 Å². The molecule has 18 heavy (non-hydrogen) atoms. The molecule has 0 amide bonds. The normalized spacial score (nSPS) is 11.8. The number of alkyl halides is 6. The van der Waals surface area contributed by atoms with Gasteiger partial charge in [0.25, 0.3) is 5.78 Å². The lowest BCUT2D eigenvalue weighted by molar-refractivity contribution is -0.137. The summed E-state index contributed by atoms with van der Waals surface area (Å²) in [6, 6.07) is 0. The Hall–Kier alpha value is -0.460. The number of hydrogen-bond acceptors (Lipinski definition) is 2. The van der Waals surface area contributed by atoms with E-state index >= 15 is 0 Å². The monoisotopic (exact) mass is 324 g/mol. The summed E-state index contributed by atoms with van der Waals surface area (Å²) in [6.07, 6.45) is 2.84. The van der Waals surface area contributed by atoms with Crippen molar-refractivity contribution in [3.05, 3.63) is 17.7 Å². The molecule has 0 unspecified atom stereocenters. The summed E-state index contributed by atoms with van der Waals surface area (Å²) in [5.41, 5.74) is 1.14. The summed E-state index contributed by atoms with van der Waals surface area (Å²) in [7, 11) is 0. The zero-order valence-corrected chi connectivity index (χ0v) is 11.7. The predicted molar refractivity (Wildman–Crippen MR) is 64.1 cm³/mol. The van der Waals surface area contributed by atoms with Crippen LogP contribution < -0.4 is 0 Å². The number of aryl methyl sites for hydroxylation is 2. The van der Waals surface area contributed by atoms with Crippen LogP contribution in [-0.4, -0.2) is 25.7 Å². The number of carbonyl (C=O) groups excluding carboxylic acids is 1. The van der Waals surface area contributed by atoms with E-state index in [0.29, 0.717) is 0 Å². The molecule has 0 saturated heterocycles. The Labute approximate surface area is 117 Å². The first-order valence-corrected chi connectivity index (χ1v) is 5.80. The minimum Gasteiger partial charge on any atom is -0.346 e. The van der Waals surface area contributed by atoms with Crippen LogP contribution >= 0.6 is 34.8 Å². The van der Waals surface area contributed by atoms with Gasteiger partial charge in [0.15, 0.2) is 0 Å². The quantitative estimate of drug-likeness (QED) is 0.860. The lowest BCUT2D eigenvalue weighted by Gasteiger charge is -2.10. The van der Waals surface area contributed by atoms with E-state index in [4.69, 9.17) is 0 Å². The highest BCUT2D eigenvalue weighted by Gasteiger charge is 2.50. The van der Waals surface area contributed by atoms with Crippen molar-refractivity contribution in [2.45, 2.75) is 30.2 Å². The van der Waals surface area contributed by atoms with Crippen molar-refractivity contribution in [3.8, 4) is 0 Å². The van der Waals surface area contributed by atoms with E-state index in [2.05, 4.69) is 51.7 Å². The van der Waals surface area contributed by atoms with Crippen LogP contribution in [0.5, 0.6) is 0 Å². The predicted octanol–water partition coefficient (Wildman–Crippen LogP) is 3.77. The average molecular weight is 326 g/mol. The van der Waals surface area contributed by atoms with Gasteiger partial charge in [-0.05, 0) is 18.5 Å². The number of rotatable bonds is 3. The molecule has 0 spiro atoms. The summed E-state index contributed by atoms with van der Waals surface area (Å²) in [5, 5.41) is -4.36. The lowest BCUT2D eigenvalue weighted by Crippen LogP contribution is -2.34. The summed E-state index contributed by atoms with van der Waals surface area (Å²) >= 11 is 12.8. The Morgan fingerprint density at radius 2 is 1.89 bits per heavy atom. The maximum Gasteiger partial charge on any atom is 0.386 e. The zero-order chi connectivity index (χ0) is 14.6. The van der Waals surface area contributed by atoms with Gasteiger partial charge in [0.1, 0.15) is 5.82 Å². The van der Waals surface area contributed by atoms with Crippen molar-refractivity contribution in [3.63, 3.8) is 0 Å². The Kier molecular flexibility index (Phi) is 6.46. The number of ketones is 1. The molecule has 0 aliphatic rings. The molecule has 0 aromatic carbocycles. The van der Waals surface area contributed by atoms with Gasteiger partial charge in [0.05, 0.1) is 0 Å². The van der Waals surface area contributed by atoms with Crippen molar-refractivity contribution in [1.82, 2.24) is 9.97 Å². The van der Waals surface area contributed by atoms with Gasteiger partial charge in [-0.1, -0.05) is 30.1 Å². The molecular formula is C9H10Cl3F3N2O. The van der Waals surface area contributed by atoms with Gasteiger partial charge in [-0.15, -0.1) is 0 Å². The Morgan fingerprint density at radius 3 is 2.00 bits per heavy atom. The molecular weight excluding hydrogens is 315 g/mol. The molecule has 0 aliphatic carbocycles. The number of nitrogens with one attached hydrogen (secondary N) is 1. The summed E-state index contributed by atoms with van der Waals surface area (Å²) in [4.78, 5) is 17.2. The number of imidazole rings is 1. The van der Waals surface area contributed by atoms with Gasteiger partial charge in [-0.3, -0.25) is 4.79 Å². The molecule has 1 aromatic heterocycles. The molecule has 0 bridgehead atoms. The van der Waals surface area contributed by atoms with E-state index in [1.165, 1.54) is 0 Å². The highest BCUT2D eigenvalue weighted by molar-refractivity contribution is 6.59. The second-order valence-electron chi connectivity index (χ2n) is 3.19. The third-order valence-electron chi connectivity index (χ3n) is 1.61. The molecule has 1 heterocycles. The summed E-state index contributed by atoms with van der Waals surface area (Å²) < 4.78 is 31.5. The third kappa shape index (κ3) is 6.47. The molecule has 1 N–H and O–H groups in total. The Balaban J connectivity index is 0.000000327. The van der Waals surface area contributed by atoms with Crippen molar-refractivity contribution < 1.29 is 18.0 Å². The van der Waals surface area contributed by atoms with Crippen molar-refractivity contribution in [1.29, 1.82) is 0 Å². The first-order chi connectivity index (χ1) is 7.98. The number of nitrogens with zero attached hydrogens (tertiary/aromatic N) is 1. The molecule has 0 radical (unpaired) electrons. The first kappa shape index (κ1) is 17.5. The van der Waals surface area contributed by atoms with Crippen LogP contribution in [0.15, 0.2) is 6.20 Å². The molecule has 0 atom stereocenters. The minimum absolute atomic E-state index is 0.994. The highest BCUT2D eigenvalue weighted by Crippen LogP contribution is 2.33. The van der Waals surface area contributed by atoms with Crippen molar-refractivity contribution in [2.75, 3.05) is 0 Å². The molecule has 3 nitrogen and oxygen atoms in total. The lowest BCUT2D eigenvalue weighted by atomic mass is 10.4. The van der Waals surface area contributed by atoms with Crippen LogP contribution in [0.3, 0.4) is 0 Å². The number of halogens is 6. The molecule has 104 valence electrons. The van der Waals surface area contributed by atoms with Gasteiger partial charge in [-0.25, -0.2) is 4.98 Å². The minimum atomic E-state index is -4.36. The van der Waals surface area contributed by atoms with Gasteiger partial charge >= 0.3 is 9.97 Å². The molecule has 0 fully saturated rings. The van der Waals surface area contributed by atoms with Crippen molar-refractivity contribution in [2.24, 2.45) is 0 Å². The van der Waals surface area contributed by atoms with Crippen LogP contribution in [0.1, 0.15) is 18.4 Å². The largest absolute Gasteiger partial charge is 0.386 e. The fraction of sp³-hybridized carbons (Fsp3) is 0.556. The van der Waals surface area contributed by atoms with Crippen LogP contribution in [0, 0.1) is 6.92 Å². The van der Waals surface area contributed by atoms with E-state index in [1.807, 2.05) is 13.1 Å². The van der Waals surface area contributed by atoms with Crippen LogP contribution in [0.25, 0.3) is 0 Å². The standard InChI is InChI=1S/C6H10N2.C3Cl3F3O/c1-3-6-7-4-5(2)8-6;4-2(5,7)1(10)3(6,8)9/h4H,3H2,1-2H3,(H,7,8);. The Bertz CT molecular complexity index is 382. The van der Waals surface area contributed by atoms with Crippen LogP contribution in [-0.2, 0) is 11.2 Å². The molecule has 9 heteroatoms. The van der Waals surface area contributed by atoms with E-state index in [9.17, 15) is 18.0 Å². The van der Waals surface area contributed by atoms with E-state index in [-0.39, 0.29) is 0 Å².